The van der Waals surface area contributed by atoms with Crippen molar-refractivity contribution in [1.82, 2.24) is 0 Å². The highest BCUT2D eigenvalue weighted by atomic mass is 79.9. The molecule has 0 atom stereocenters. The quantitative estimate of drug-likeness (QED) is 0.864. The van der Waals surface area contributed by atoms with Crippen molar-refractivity contribution in [3.63, 3.8) is 0 Å². The number of alkyl halides is 3. The highest BCUT2D eigenvalue weighted by Crippen LogP contribution is 2.34. The van der Waals surface area contributed by atoms with Crippen molar-refractivity contribution in [1.29, 1.82) is 0 Å². The molecule has 0 fully saturated rings. The van der Waals surface area contributed by atoms with Gasteiger partial charge in [0, 0.05) is 4.47 Å². The third-order valence-electron chi connectivity index (χ3n) is 1.56. The van der Waals surface area contributed by atoms with Crippen LogP contribution in [0.25, 0.3) is 0 Å². The van der Waals surface area contributed by atoms with Gasteiger partial charge in [-0.05, 0) is 18.2 Å². The van der Waals surface area contributed by atoms with E-state index < -0.39 is 26.7 Å². The van der Waals surface area contributed by atoms with Crippen LogP contribution in [0.3, 0.4) is 0 Å². The van der Waals surface area contributed by atoms with Gasteiger partial charge < -0.3 is 0 Å². The molecule has 0 aromatic heterocycles. The van der Waals surface area contributed by atoms with Gasteiger partial charge in [0.05, 0.1) is 10.5 Å². The maximum absolute atomic E-state index is 12.4. The van der Waals surface area contributed by atoms with Gasteiger partial charge in [0.25, 0.3) is 0 Å². The number of nitrogens with two attached hydrogens (primary N) is 1. The van der Waals surface area contributed by atoms with Crippen LogP contribution in [0.15, 0.2) is 27.6 Å². The second-order valence-electron chi connectivity index (χ2n) is 2.68. The summed E-state index contributed by atoms with van der Waals surface area (Å²) in [6, 6.07) is 2.57. The van der Waals surface area contributed by atoms with Crippen LogP contribution in [0.2, 0.25) is 0 Å². The summed E-state index contributed by atoms with van der Waals surface area (Å²) in [5.74, 6) is 0. The molecule has 1 aromatic rings. The molecule has 0 spiro atoms. The summed E-state index contributed by atoms with van der Waals surface area (Å²) in [5.41, 5.74) is -1.27. The van der Waals surface area contributed by atoms with Crippen LogP contribution in [0.5, 0.6) is 0 Å². The normalized spacial score (nSPS) is 12.9. The second kappa shape index (κ2) is 3.76. The molecule has 8 heteroatoms. The van der Waals surface area contributed by atoms with Crippen LogP contribution in [0.4, 0.5) is 13.2 Å². The summed E-state index contributed by atoms with van der Waals surface area (Å²) in [6.45, 7) is 0. The summed E-state index contributed by atoms with van der Waals surface area (Å²) in [7, 11) is -4.39. The fourth-order valence-corrected chi connectivity index (χ4v) is 2.26. The first-order valence-electron chi connectivity index (χ1n) is 3.52. The molecule has 84 valence electrons. The van der Waals surface area contributed by atoms with Gasteiger partial charge in [0.2, 0.25) is 10.0 Å². The van der Waals surface area contributed by atoms with Crippen molar-refractivity contribution >= 4 is 26.0 Å². The van der Waals surface area contributed by atoms with Crippen molar-refractivity contribution < 1.29 is 21.6 Å². The topological polar surface area (TPSA) is 60.2 Å². The van der Waals surface area contributed by atoms with Crippen molar-refractivity contribution in [2.24, 2.45) is 5.14 Å². The number of hydrogen-bond acceptors (Lipinski definition) is 2. The number of benzene rings is 1. The van der Waals surface area contributed by atoms with Crippen molar-refractivity contribution in [3.05, 3.63) is 28.2 Å². The minimum Gasteiger partial charge on any atom is -0.225 e. The number of rotatable bonds is 1. The Hall–Kier alpha value is -0.600. The molecule has 3 nitrogen and oxygen atoms in total. The number of sulfonamides is 1. The second-order valence-corrected chi connectivity index (χ2v) is 5.13. The van der Waals surface area contributed by atoms with Gasteiger partial charge in [0.15, 0.2) is 0 Å². The van der Waals surface area contributed by atoms with E-state index in [1.807, 2.05) is 0 Å². The monoisotopic (exact) mass is 303 g/mol. The lowest BCUT2D eigenvalue weighted by Crippen LogP contribution is -2.18. The Morgan fingerprint density at radius 1 is 1.27 bits per heavy atom. The van der Waals surface area contributed by atoms with E-state index >= 15 is 0 Å². The maximum atomic E-state index is 12.4. The minimum absolute atomic E-state index is 0.208. The molecule has 15 heavy (non-hydrogen) atoms. The average Bonchev–Trinajstić information content (AvgIpc) is 2.00. The largest absolute Gasteiger partial charge is 0.417 e. The van der Waals surface area contributed by atoms with E-state index in [0.717, 1.165) is 12.1 Å². The molecule has 1 rings (SSSR count). The molecule has 0 bridgehead atoms. The van der Waals surface area contributed by atoms with Gasteiger partial charge in [-0.15, -0.1) is 0 Å². The number of primary sulfonamides is 1. The molecule has 0 aliphatic rings. The van der Waals surface area contributed by atoms with E-state index in [-0.39, 0.29) is 4.47 Å². The summed E-state index contributed by atoms with van der Waals surface area (Å²) in [6.07, 6.45) is -4.75. The van der Waals surface area contributed by atoms with Crippen LogP contribution >= 0.6 is 15.9 Å². The van der Waals surface area contributed by atoms with Crippen molar-refractivity contribution in [3.8, 4) is 0 Å². The predicted octanol–water partition coefficient (Wildman–Crippen LogP) is 2.12. The summed E-state index contributed by atoms with van der Waals surface area (Å²) >= 11 is 2.87. The fourth-order valence-electron chi connectivity index (χ4n) is 0.966. The first-order chi connectivity index (χ1) is 6.62. The molecule has 0 unspecified atom stereocenters. The maximum Gasteiger partial charge on any atom is 0.417 e. The van der Waals surface area contributed by atoms with Gasteiger partial charge in [0.1, 0.15) is 0 Å². The lowest BCUT2D eigenvalue weighted by atomic mass is 10.2. The molecule has 0 heterocycles. The summed E-state index contributed by atoms with van der Waals surface area (Å²) in [4.78, 5) is -0.940. The predicted molar refractivity (Wildman–Crippen MR) is 50.5 cm³/mol. The fraction of sp³-hybridized carbons (Fsp3) is 0.143. The smallest absolute Gasteiger partial charge is 0.225 e. The standard InChI is InChI=1S/C7H5BrF3NO2S/c8-4-1-2-5(7(9,10)11)6(3-4)15(12,13)14/h1-3H,(H2,12,13,14). The summed E-state index contributed by atoms with van der Waals surface area (Å²) < 4.78 is 59.2. The Labute approximate surface area is 92.3 Å². The minimum atomic E-state index is -4.75. The van der Waals surface area contributed by atoms with Crippen LogP contribution in [0.1, 0.15) is 5.56 Å². The SMILES string of the molecule is NS(=O)(=O)c1cc(Br)ccc1C(F)(F)F. The number of halogens is 4. The highest BCUT2D eigenvalue weighted by molar-refractivity contribution is 9.10. The van der Waals surface area contributed by atoms with Gasteiger partial charge in [-0.25, -0.2) is 13.6 Å². The van der Waals surface area contributed by atoms with Crippen LogP contribution in [-0.4, -0.2) is 8.42 Å². The first-order valence-corrected chi connectivity index (χ1v) is 5.86. The van der Waals surface area contributed by atoms with Gasteiger partial charge in [-0.3, -0.25) is 0 Å². The molecular formula is C7H5BrF3NO2S. The molecule has 0 saturated heterocycles. The molecule has 2 N–H and O–H groups in total. The lowest BCUT2D eigenvalue weighted by molar-refractivity contribution is -0.139. The van der Waals surface area contributed by atoms with Crippen LogP contribution in [0, 0.1) is 0 Å². The zero-order chi connectivity index (χ0) is 11.9. The van der Waals surface area contributed by atoms with E-state index in [0.29, 0.717) is 6.07 Å². The highest BCUT2D eigenvalue weighted by Gasteiger charge is 2.36. The van der Waals surface area contributed by atoms with Crippen LogP contribution in [-0.2, 0) is 16.2 Å². The van der Waals surface area contributed by atoms with Gasteiger partial charge in [-0.2, -0.15) is 13.2 Å². The Morgan fingerprint density at radius 3 is 2.20 bits per heavy atom. The Kier molecular flexibility index (Phi) is 3.13. The van der Waals surface area contributed by atoms with E-state index in [1.54, 1.807) is 0 Å². The van der Waals surface area contributed by atoms with E-state index in [9.17, 15) is 21.6 Å². The molecule has 1 aromatic carbocycles. The molecule has 0 amide bonds. The first kappa shape index (κ1) is 12.5. The zero-order valence-electron chi connectivity index (χ0n) is 7.05. The third kappa shape index (κ3) is 2.93. The van der Waals surface area contributed by atoms with E-state index in [4.69, 9.17) is 0 Å². The average molecular weight is 304 g/mol. The van der Waals surface area contributed by atoms with Crippen molar-refractivity contribution in [2.45, 2.75) is 11.1 Å². The number of hydrogen-bond donors (Lipinski definition) is 1. The Bertz CT molecular complexity index is 483. The molecule has 0 radical (unpaired) electrons. The molecular weight excluding hydrogens is 299 g/mol. The van der Waals surface area contributed by atoms with E-state index in [1.165, 1.54) is 0 Å². The Balaban J connectivity index is 3.55. The lowest BCUT2D eigenvalue weighted by Gasteiger charge is -2.11. The summed E-state index contributed by atoms with van der Waals surface area (Å²) in [5, 5.41) is 4.67. The molecule has 0 saturated carbocycles. The zero-order valence-corrected chi connectivity index (χ0v) is 9.45. The Morgan fingerprint density at radius 2 is 1.80 bits per heavy atom. The van der Waals surface area contributed by atoms with Gasteiger partial charge in [-0.1, -0.05) is 15.9 Å². The van der Waals surface area contributed by atoms with Crippen LogP contribution < -0.4 is 5.14 Å². The third-order valence-corrected chi connectivity index (χ3v) is 3.00. The van der Waals surface area contributed by atoms with Gasteiger partial charge >= 0.3 is 6.18 Å². The molecule has 0 aliphatic heterocycles. The molecule has 0 aliphatic carbocycles. The van der Waals surface area contributed by atoms with Crippen molar-refractivity contribution in [2.75, 3.05) is 0 Å². The van der Waals surface area contributed by atoms with E-state index in [2.05, 4.69) is 21.1 Å².